The number of nitrogens with zero attached hydrogens (tertiary/aromatic N) is 5. The van der Waals surface area contributed by atoms with E-state index in [0.717, 1.165) is 71.4 Å². The van der Waals surface area contributed by atoms with Gasteiger partial charge in [-0.25, -0.2) is 14.8 Å². The number of anilines is 1. The van der Waals surface area contributed by atoms with Gasteiger partial charge in [-0.2, -0.15) is 0 Å². The van der Waals surface area contributed by atoms with Crippen molar-refractivity contribution in [3.63, 3.8) is 0 Å². The SMILES string of the molecule is O=C(NC1CC(=O)N(Cc2ccc(C3OC(CN4CCN(c5ncccn5)CC4)CC(c4ccc(CO)cc4)O3)cc2)C1=O)OCc1ccccc1. The highest BCUT2D eigenvalue weighted by Crippen LogP contribution is 2.38. The van der Waals surface area contributed by atoms with E-state index in [1.54, 1.807) is 12.4 Å². The van der Waals surface area contributed by atoms with Gasteiger partial charge in [-0.3, -0.25) is 19.4 Å². The molecule has 3 fully saturated rings. The molecule has 7 rings (SSSR count). The molecule has 13 nitrogen and oxygen atoms in total. The van der Waals surface area contributed by atoms with Crippen LogP contribution < -0.4 is 10.2 Å². The van der Waals surface area contributed by atoms with Gasteiger partial charge in [0.05, 0.1) is 31.8 Å². The zero-order chi connectivity index (χ0) is 35.9. The lowest BCUT2D eigenvalue weighted by molar-refractivity contribution is -0.253. The Kier molecular flexibility index (Phi) is 11.1. The van der Waals surface area contributed by atoms with E-state index < -0.39 is 24.3 Å². The standard InChI is InChI=1S/C39H42N6O7/c46-25-28-9-11-30(12-10-28)34-21-32(24-43-17-19-44(20-18-43)38-40-15-4-16-41-38)51-37(52-34)31-13-7-27(8-14-31)23-45-35(47)22-33(36(45)48)42-39(49)50-26-29-5-2-1-3-6-29/h1-16,32-34,37,46H,17-26H2,(H,42,49). The van der Waals surface area contributed by atoms with Crippen LogP contribution in [0.1, 0.15) is 53.1 Å². The van der Waals surface area contributed by atoms with Crippen LogP contribution in [0.4, 0.5) is 10.7 Å². The molecule has 52 heavy (non-hydrogen) atoms. The average Bonchev–Trinajstić information content (AvgIpc) is 3.45. The summed E-state index contributed by atoms with van der Waals surface area (Å²) >= 11 is 0. The molecule has 0 spiro atoms. The molecule has 0 bridgehead atoms. The Morgan fingerprint density at radius 1 is 0.827 bits per heavy atom. The van der Waals surface area contributed by atoms with Crippen LogP contribution in [0.3, 0.4) is 0 Å². The van der Waals surface area contributed by atoms with Crippen LogP contribution in [-0.4, -0.2) is 87.7 Å². The number of alkyl carbamates (subject to hydrolysis) is 1. The van der Waals surface area contributed by atoms with E-state index in [1.807, 2.05) is 84.9 Å². The van der Waals surface area contributed by atoms with Crippen molar-refractivity contribution in [2.45, 2.75) is 57.1 Å². The van der Waals surface area contributed by atoms with E-state index in [4.69, 9.17) is 14.2 Å². The van der Waals surface area contributed by atoms with Gasteiger partial charge in [0, 0.05) is 57.1 Å². The van der Waals surface area contributed by atoms with E-state index in [9.17, 15) is 19.5 Å². The van der Waals surface area contributed by atoms with Crippen LogP contribution in [0.2, 0.25) is 0 Å². The van der Waals surface area contributed by atoms with Gasteiger partial charge in [0.2, 0.25) is 11.9 Å². The number of likely N-dealkylation sites (tertiary alicyclic amines) is 1. The summed E-state index contributed by atoms with van der Waals surface area (Å²) in [6, 6.07) is 25.4. The molecule has 270 valence electrons. The highest BCUT2D eigenvalue weighted by Gasteiger charge is 2.40. The minimum atomic E-state index is -0.978. The maximum atomic E-state index is 13.1. The molecule has 0 radical (unpaired) electrons. The van der Waals surface area contributed by atoms with E-state index in [1.165, 1.54) is 0 Å². The number of aromatic nitrogens is 2. The van der Waals surface area contributed by atoms with Crippen molar-refractivity contribution in [2.24, 2.45) is 0 Å². The molecule has 13 heteroatoms. The first-order valence-electron chi connectivity index (χ1n) is 17.6. The Morgan fingerprint density at radius 2 is 1.52 bits per heavy atom. The van der Waals surface area contributed by atoms with Crippen LogP contribution in [0, 0.1) is 0 Å². The molecule has 4 heterocycles. The lowest BCUT2D eigenvalue weighted by Gasteiger charge is -2.40. The maximum absolute atomic E-state index is 13.1. The molecule has 0 saturated carbocycles. The number of piperazine rings is 1. The first-order chi connectivity index (χ1) is 25.4. The van der Waals surface area contributed by atoms with Gasteiger partial charge in [-0.05, 0) is 28.3 Å². The third-order valence-corrected chi connectivity index (χ3v) is 9.63. The van der Waals surface area contributed by atoms with E-state index in [-0.39, 0.29) is 44.3 Å². The number of benzene rings is 3. The van der Waals surface area contributed by atoms with E-state index in [0.29, 0.717) is 6.42 Å². The molecule has 3 aromatic carbocycles. The molecule has 3 aliphatic rings. The summed E-state index contributed by atoms with van der Waals surface area (Å²) in [6.45, 7) is 4.19. The largest absolute Gasteiger partial charge is 0.445 e. The topological polar surface area (TPSA) is 147 Å². The van der Waals surface area contributed by atoms with Gasteiger partial charge in [-0.1, -0.05) is 78.9 Å². The van der Waals surface area contributed by atoms with E-state index >= 15 is 0 Å². The van der Waals surface area contributed by atoms with Gasteiger partial charge in [0.1, 0.15) is 12.6 Å². The fourth-order valence-electron chi connectivity index (χ4n) is 6.74. The number of aliphatic hydroxyl groups excluding tert-OH is 1. The minimum absolute atomic E-state index is 0.0282. The molecule has 0 aliphatic carbocycles. The van der Waals surface area contributed by atoms with Gasteiger partial charge in [0.25, 0.3) is 5.91 Å². The number of ether oxygens (including phenoxy) is 3. The van der Waals surface area contributed by atoms with Crippen molar-refractivity contribution in [3.8, 4) is 0 Å². The lowest BCUT2D eigenvalue weighted by atomic mass is 9.99. The fourth-order valence-corrected chi connectivity index (χ4v) is 6.74. The summed E-state index contributed by atoms with van der Waals surface area (Å²) in [6.07, 6.45) is 2.35. The van der Waals surface area contributed by atoms with Crippen LogP contribution in [0.25, 0.3) is 0 Å². The third-order valence-electron chi connectivity index (χ3n) is 9.63. The molecule has 3 aliphatic heterocycles. The number of rotatable bonds is 11. The average molecular weight is 707 g/mol. The quantitative estimate of drug-likeness (QED) is 0.219. The molecule has 2 N–H and O–H groups in total. The summed E-state index contributed by atoms with van der Waals surface area (Å²) in [7, 11) is 0. The van der Waals surface area contributed by atoms with Crippen molar-refractivity contribution in [1.29, 1.82) is 0 Å². The highest BCUT2D eigenvalue weighted by atomic mass is 16.7. The van der Waals surface area contributed by atoms with Crippen molar-refractivity contribution < 1.29 is 33.7 Å². The predicted molar refractivity (Wildman–Crippen MR) is 189 cm³/mol. The molecule has 1 aromatic heterocycles. The number of carbonyl (C=O) groups excluding carboxylic acids is 3. The second-order valence-corrected chi connectivity index (χ2v) is 13.2. The zero-order valence-electron chi connectivity index (χ0n) is 28.8. The van der Waals surface area contributed by atoms with Gasteiger partial charge in [-0.15, -0.1) is 0 Å². The second-order valence-electron chi connectivity index (χ2n) is 13.2. The Balaban J connectivity index is 0.974. The number of amides is 3. The number of nitrogens with one attached hydrogen (secondary N) is 1. The monoisotopic (exact) mass is 706 g/mol. The van der Waals surface area contributed by atoms with Crippen LogP contribution in [0.15, 0.2) is 97.3 Å². The molecule has 3 saturated heterocycles. The smallest absolute Gasteiger partial charge is 0.408 e. The van der Waals surface area contributed by atoms with Crippen molar-refractivity contribution >= 4 is 23.9 Å². The highest BCUT2D eigenvalue weighted by molar-refractivity contribution is 6.06. The predicted octanol–water partition coefficient (Wildman–Crippen LogP) is 3.89. The number of hydrogen-bond donors (Lipinski definition) is 2. The van der Waals surface area contributed by atoms with Crippen LogP contribution >= 0.6 is 0 Å². The van der Waals surface area contributed by atoms with Crippen molar-refractivity contribution in [2.75, 3.05) is 37.6 Å². The molecule has 3 amide bonds. The summed E-state index contributed by atoms with van der Waals surface area (Å²) in [5, 5.41) is 12.1. The number of carbonyl (C=O) groups is 3. The van der Waals surface area contributed by atoms with E-state index in [2.05, 4.69) is 25.1 Å². The Hall–Kier alpha value is -5.21. The van der Waals surface area contributed by atoms with Gasteiger partial charge >= 0.3 is 6.09 Å². The van der Waals surface area contributed by atoms with Crippen LogP contribution in [0.5, 0.6) is 0 Å². The fraction of sp³-hybridized carbons (Fsp3) is 0.359. The number of aliphatic hydroxyl groups is 1. The molecule has 4 unspecified atom stereocenters. The number of imide groups is 1. The Bertz CT molecular complexity index is 1800. The number of hydrogen-bond acceptors (Lipinski definition) is 11. The van der Waals surface area contributed by atoms with Crippen molar-refractivity contribution in [3.05, 3.63) is 125 Å². The lowest BCUT2D eigenvalue weighted by Crippen LogP contribution is -2.50. The molecule has 4 atom stereocenters. The Morgan fingerprint density at radius 3 is 2.23 bits per heavy atom. The first-order valence-corrected chi connectivity index (χ1v) is 17.6. The van der Waals surface area contributed by atoms with Crippen LogP contribution in [-0.2, 0) is 43.6 Å². The normalized spacial score (nSPS) is 22.4. The van der Waals surface area contributed by atoms with Crippen molar-refractivity contribution in [1.82, 2.24) is 25.1 Å². The maximum Gasteiger partial charge on any atom is 0.408 e. The summed E-state index contributed by atoms with van der Waals surface area (Å²) in [5.41, 5.74) is 4.23. The summed E-state index contributed by atoms with van der Waals surface area (Å²) in [5.74, 6) is -0.0929. The summed E-state index contributed by atoms with van der Waals surface area (Å²) < 4.78 is 18.4. The minimum Gasteiger partial charge on any atom is -0.445 e. The Labute approximate surface area is 302 Å². The molecular formula is C39H42N6O7. The molecule has 4 aromatic rings. The second kappa shape index (κ2) is 16.4. The first kappa shape index (κ1) is 35.2. The summed E-state index contributed by atoms with van der Waals surface area (Å²) in [4.78, 5) is 52.8. The molecular weight excluding hydrogens is 664 g/mol. The third kappa shape index (κ3) is 8.62. The van der Waals surface area contributed by atoms with Gasteiger partial charge in [0.15, 0.2) is 6.29 Å². The zero-order valence-corrected chi connectivity index (χ0v) is 28.8. The van der Waals surface area contributed by atoms with Gasteiger partial charge < -0.3 is 29.5 Å².